The molecule has 0 spiro atoms. The number of nitrogens with zero attached hydrogens (tertiary/aromatic N) is 6. The summed E-state index contributed by atoms with van der Waals surface area (Å²) in [7, 11) is -2.49. The maximum atomic E-state index is 12.1. The minimum atomic E-state index is -3.31. The van der Waals surface area contributed by atoms with Crippen molar-refractivity contribution in [2.75, 3.05) is 23.1 Å². The Hall–Kier alpha value is -7.42. The third-order valence-corrected chi connectivity index (χ3v) is 13.5. The lowest BCUT2D eigenvalue weighted by molar-refractivity contribution is 0.599. The Morgan fingerprint density at radius 1 is 0.516 bits per heavy atom. The molecule has 0 bridgehead atoms. The molecule has 10 rings (SSSR count). The molecule has 12 nitrogen and oxygen atoms in total. The molecule has 2 N–H and O–H groups in total. The predicted molar refractivity (Wildman–Crippen MR) is 257 cm³/mol. The van der Waals surface area contributed by atoms with Gasteiger partial charge in [0.15, 0.2) is 19.7 Å². The highest BCUT2D eigenvalue weighted by molar-refractivity contribution is 7.91. The Morgan fingerprint density at radius 2 is 1.05 bits per heavy atom. The quantitative estimate of drug-likeness (QED) is 0.136. The SMILES string of the molecule is Cn1ccc2ccc(-c3cc(NCc4cccc(S(C)(=O)=O)c4)cc4nccnc34)cc21.Cn1ccc2ccc(-c3cc(NCc4ccccc4S(C)(=O)=O)cc4nccnc34)cc21. The van der Waals surface area contributed by atoms with Gasteiger partial charge in [-0.05, 0) is 99.8 Å². The van der Waals surface area contributed by atoms with Crippen molar-refractivity contribution in [1.82, 2.24) is 29.1 Å². The second-order valence-electron chi connectivity index (χ2n) is 15.8. The number of aromatic nitrogens is 6. The summed E-state index contributed by atoms with van der Waals surface area (Å²) in [5.74, 6) is 0. The molecule has 0 unspecified atom stereocenters. The molecule has 64 heavy (non-hydrogen) atoms. The Morgan fingerprint density at radius 3 is 1.59 bits per heavy atom. The number of anilines is 2. The van der Waals surface area contributed by atoms with Crippen LogP contribution in [0.15, 0.2) is 168 Å². The molecule has 0 aliphatic heterocycles. The fourth-order valence-electron chi connectivity index (χ4n) is 7.95. The smallest absolute Gasteiger partial charge is 0.175 e. The molecule has 14 heteroatoms. The summed E-state index contributed by atoms with van der Waals surface area (Å²) in [6, 6.07) is 39.0. The van der Waals surface area contributed by atoms with Crippen LogP contribution >= 0.6 is 0 Å². The molecule has 0 aliphatic rings. The summed E-state index contributed by atoms with van der Waals surface area (Å²) >= 11 is 0. The Labute approximate surface area is 371 Å². The lowest BCUT2D eigenvalue weighted by Crippen LogP contribution is -2.07. The van der Waals surface area contributed by atoms with E-state index in [0.717, 1.165) is 77.9 Å². The number of fused-ring (bicyclic) bond motifs is 4. The molecular weight excluding hydrogens is 841 g/mol. The van der Waals surface area contributed by atoms with Gasteiger partial charge in [-0.2, -0.15) is 0 Å². The van der Waals surface area contributed by atoms with Crippen LogP contribution in [-0.4, -0.2) is 58.4 Å². The summed E-state index contributed by atoms with van der Waals surface area (Å²) in [4.78, 5) is 18.8. The normalized spacial score (nSPS) is 11.8. The number of hydrogen-bond acceptors (Lipinski definition) is 10. The molecule has 0 radical (unpaired) electrons. The second-order valence-corrected chi connectivity index (χ2v) is 19.8. The number of aryl methyl sites for hydroxylation is 2. The number of sulfone groups is 2. The van der Waals surface area contributed by atoms with E-state index in [1.54, 1.807) is 55.1 Å². The standard InChI is InChI=1S/2C25H22N4O2S/c1-29-11-8-18-6-7-19(13-24(18)29)22-14-20(15-23-25(22)27-10-9-26-23)28-16-17-4-3-5-21(12-17)32(2,30)31;1-29-12-9-17-7-8-18(13-23(17)29)21-14-20(15-22-25(21)27-11-10-26-22)28-16-19-5-3-4-6-24(19)32(2,30)31/h2*3-15,28H,16H2,1-2H3. The molecule has 0 fully saturated rings. The van der Waals surface area contributed by atoms with Gasteiger partial charge in [0.25, 0.3) is 0 Å². The monoisotopic (exact) mass is 884 g/mol. The average Bonchev–Trinajstić information content (AvgIpc) is 3.87. The zero-order chi connectivity index (χ0) is 44.6. The van der Waals surface area contributed by atoms with E-state index in [1.165, 1.54) is 23.3 Å². The van der Waals surface area contributed by atoms with E-state index in [1.807, 2.05) is 56.7 Å². The first-order chi connectivity index (χ1) is 30.8. The van der Waals surface area contributed by atoms with Gasteiger partial charge in [0.1, 0.15) is 0 Å². The predicted octanol–water partition coefficient (Wildman–Crippen LogP) is 9.61. The first kappa shape index (κ1) is 41.9. The lowest BCUT2D eigenvalue weighted by atomic mass is 10.0. The molecule has 0 amide bonds. The lowest BCUT2D eigenvalue weighted by Gasteiger charge is -2.13. The van der Waals surface area contributed by atoms with E-state index in [0.29, 0.717) is 22.9 Å². The first-order valence-electron chi connectivity index (χ1n) is 20.4. The zero-order valence-corrected chi connectivity index (χ0v) is 37.2. The summed E-state index contributed by atoms with van der Waals surface area (Å²) in [5, 5.41) is 9.17. The number of benzene rings is 6. The molecule has 4 heterocycles. The van der Waals surface area contributed by atoms with E-state index in [-0.39, 0.29) is 0 Å². The fourth-order valence-corrected chi connectivity index (χ4v) is 9.59. The van der Waals surface area contributed by atoms with Crippen LogP contribution in [-0.2, 0) is 46.9 Å². The molecule has 0 aliphatic carbocycles. The highest BCUT2D eigenvalue weighted by Crippen LogP contribution is 2.34. The molecule has 0 saturated carbocycles. The first-order valence-corrected chi connectivity index (χ1v) is 24.2. The molecule has 4 aromatic heterocycles. The largest absolute Gasteiger partial charge is 0.381 e. The van der Waals surface area contributed by atoms with Crippen molar-refractivity contribution >= 4 is 74.9 Å². The maximum Gasteiger partial charge on any atom is 0.175 e. The zero-order valence-electron chi connectivity index (χ0n) is 35.6. The van der Waals surface area contributed by atoms with Crippen LogP contribution in [0.4, 0.5) is 11.4 Å². The summed E-state index contributed by atoms with van der Waals surface area (Å²) < 4.78 is 52.2. The van der Waals surface area contributed by atoms with Gasteiger partial charge in [-0.3, -0.25) is 19.9 Å². The Bertz CT molecular complexity index is 3620. The summed E-state index contributed by atoms with van der Waals surface area (Å²) in [6.07, 6.45) is 13.3. The molecule has 0 atom stereocenters. The van der Waals surface area contributed by atoms with Gasteiger partial charge in [-0.15, -0.1) is 0 Å². The van der Waals surface area contributed by atoms with Crippen LogP contribution in [0.2, 0.25) is 0 Å². The number of hydrogen-bond donors (Lipinski definition) is 2. The van der Waals surface area contributed by atoms with Crippen molar-refractivity contribution in [2.45, 2.75) is 22.9 Å². The van der Waals surface area contributed by atoms with Gasteiger partial charge < -0.3 is 19.8 Å². The molecule has 320 valence electrons. The Balaban J connectivity index is 0.000000162. The van der Waals surface area contributed by atoms with E-state index in [9.17, 15) is 16.8 Å². The minimum Gasteiger partial charge on any atom is -0.381 e. The van der Waals surface area contributed by atoms with E-state index >= 15 is 0 Å². The van der Waals surface area contributed by atoms with Crippen molar-refractivity contribution in [3.63, 3.8) is 0 Å². The average molecular weight is 885 g/mol. The van der Waals surface area contributed by atoms with Crippen molar-refractivity contribution in [2.24, 2.45) is 14.1 Å². The van der Waals surface area contributed by atoms with Crippen LogP contribution in [0, 0.1) is 0 Å². The van der Waals surface area contributed by atoms with Gasteiger partial charge >= 0.3 is 0 Å². The van der Waals surface area contributed by atoms with Crippen LogP contribution < -0.4 is 10.6 Å². The third kappa shape index (κ3) is 8.78. The van der Waals surface area contributed by atoms with Crippen LogP contribution in [0.1, 0.15) is 11.1 Å². The van der Waals surface area contributed by atoms with Gasteiger partial charge in [-0.25, -0.2) is 16.8 Å². The van der Waals surface area contributed by atoms with Gasteiger partial charge in [0, 0.05) is 110 Å². The molecular formula is C50H44N8O4S2. The second kappa shape index (κ2) is 17.0. The van der Waals surface area contributed by atoms with Crippen molar-refractivity contribution in [3.05, 3.63) is 170 Å². The molecule has 10 aromatic rings. The third-order valence-electron chi connectivity index (χ3n) is 11.2. The summed E-state index contributed by atoms with van der Waals surface area (Å²) in [5.41, 5.74) is 12.9. The minimum absolute atomic E-state index is 0.317. The highest BCUT2D eigenvalue weighted by Gasteiger charge is 2.15. The molecule has 0 saturated heterocycles. The van der Waals surface area contributed by atoms with Crippen molar-refractivity contribution < 1.29 is 16.8 Å². The van der Waals surface area contributed by atoms with Gasteiger partial charge in [0.05, 0.1) is 31.9 Å². The fraction of sp³-hybridized carbons (Fsp3) is 0.120. The van der Waals surface area contributed by atoms with Crippen molar-refractivity contribution in [3.8, 4) is 22.3 Å². The molecule has 6 aromatic carbocycles. The maximum absolute atomic E-state index is 12.1. The number of rotatable bonds is 10. The van der Waals surface area contributed by atoms with Gasteiger partial charge in [-0.1, -0.05) is 54.6 Å². The van der Waals surface area contributed by atoms with E-state index in [4.69, 9.17) is 0 Å². The van der Waals surface area contributed by atoms with Crippen LogP contribution in [0.3, 0.4) is 0 Å². The summed E-state index contributed by atoms with van der Waals surface area (Å²) in [6.45, 7) is 0.872. The van der Waals surface area contributed by atoms with Crippen LogP contribution in [0.5, 0.6) is 0 Å². The van der Waals surface area contributed by atoms with E-state index < -0.39 is 19.7 Å². The van der Waals surface area contributed by atoms with Gasteiger partial charge in [0.2, 0.25) is 0 Å². The number of nitrogens with one attached hydrogen (secondary N) is 2. The topological polar surface area (TPSA) is 154 Å². The van der Waals surface area contributed by atoms with Crippen LogP contribution in [0.25, 0.3) is 66.1 Å². The van der Waals surface area contributed by atoms with Crippen molar-refractivity contribution in [1.29, 1.82) is 0 Å². The Kier molecular flexibility index (Phi) is 11.2. The highest BCUT2D eigenvalue weighted by atomic mass is 32.2. The van der Waals surface area contributed by atoms with E-state index in [2.05, 4.69) is 100 Å².